The third-order valence-electron chi connectivity index (χ3n) is 2.09. The summed E-state index contributed by atoms with van der Waals surface area (Å²) in [6.45, 7) is 0. The second-order valence-corrected chi connectivity index (χ2v) is 3.63. The number of hydrogen-bond donors (Lipinski definition) is 1. The molecule has 1 aromatic heterocycles. The van der Waals surface area contributed by atoms with E-state index >= 15 is 0 Å². The number of benzene rings is 1. The highest BCUT2D eigenvalue weighted by Crippen LogP contribution is 2.32. The highest BCUT2D eigenvalue weighted by molar-refractivity contribution is 6.31. The van der Waals surface area contributed by atoms with Gasteiger partial charge in [0, 0.05) is 6.07 Å². The first-order valence-electron chi connectivity index (χ1n) is 4.45. The summed E-state index contributed by atoms with van der Waals surface area (Å²) in [6.07, 6.45) is 0. The van der Waals surface area contributed by atoms with Gasteiger partial charge in [0.15, 0.2) is 28.9 Å². The molecule has 0 aliphatic carbocycles. The average molecular weight is 278 g/mol. The Morgan fingerprint density at radius 3 is 2.50 bits per heavy atom. The highest BCUT2D eigenvalue weighted by atomic mass is 35.5. The summed E-state index contributed by atoms with van der Waals surface area (Å²) in [4.78, 5) is 10.5. The van der Waals surface area contributed by atoms with E-state index in [4.69, 9.17) is 16.7 Å². The van der Waals surface area contributed by atoms with Crippen molar-refractivity contribution in [1.82, 2.24) is 5.16 Å². The van der Waals surface area contributed by atoms with Gasteiger partial charge in [-0.1, -0.05) is 16.8 Å². The molecule has 0 aliphatic heterocycles. The van der Waals surface area contributed by atoms with Gasteiger partial charge < -0.3 is 9.63 Å². The van der Waals surface area contributed by atoms with Crippen molar-refractivity contribution in [3.8, 4) is 11.3 Å². The molecular formula is C10H3ClF3NO3. The zero-order chi connectivity index (χ0) is 13.4. The lowest BCUT2D eigenvalue weighted by Gasteiger charge is -2.03. The van der Waals surface area contributed by atoms with Crippen LogP contribution in [-0.2, 0) is 0 Å². The predicted molar refractivity (Wildman–Crippen MR) is 53.8 cm³/mol. The van der Waals surface area contributed by atoms with E-state index in [2.05, 4.69) is 9.68 Å². The number of aromatic carboxylic acids is 1. The molecule has 1 N–H and O–H groups in total. The standard InChI is InChI=1S/C10H3ClF3NO3/c11-3-1-4(12)9(14)7(8(3)13)6-2-5(10(16)17)15-18-6/h1-2H,(H,16,17). The molecule has 2 aromatic rings. The van der Waals surface area contributed by atoms with E-state index in [0.29, 0.717) is 6.07 Å². The van der Waals surface area contributed by atoms with Crippen molar-refractivity contribution in [3.63, 3.8) is 0 Å². The Morgan fingerprint density at radius 2 is 1.94 bits per heavy atom. The van der Waals surface area contributed by atoms with Gasteiger partial charge in [0.05, 0.1) is 10.6 Å². The number of carboxylic acids is 1. The minimum absolute atomic E-state index is 0.462. The molecule has 0 saturated heterocycles. The van der Waals surface area contributed by atoms with Crippen LogP contribution in [-0.4, -0.2) is 16.2 Å². The zero-order valence-electron chi connectivity index (χ0n) is 8.38. The van der Waals surface area contributed by atoms with Gasteiger partial charge in [0.1, 0.15) is 0 Å². The molecule has 18 heavy (non-hydrogen) atoms. The maximum Gasteiger partial charge on any atom is 0.358 e. The molecule has 0 atom stereocenters. The Hall–Kier alpha value is -2.02. The van der Waals surface area contributed by atoms with Gasteiger partial charge in [-0.2, -0.15) is 0 Å². The molecule has 0 fully saturated rings. The number of halogens is 4. The molecule has 0 radical (unpaired) electrons. The molecule has 0 bridgehead atoms. The summed E-state index contributed by atoms with van der Waals surface area (Å²) >= 11 is 5.35. The van der Waals surface area contributed by atoms with E-state index in [1.54, 1.807) is 0 Å². The van der Waals surface area contributed by atoms with Crippen LogP contribution in [0.2, 0.25) is 5.02 Å². The summed E-state index contributed by atoms with van der Waals surface area (Å²) in [5.74, 6) is -6.20. The van der Waals surface area contributed by atoms with E-state index in [1.165, 1.54) is 0 Å². The number of nitrogens with zero attached hydrogens (tertiary/aromatic N) is 1. The van der Waals surface area contributed by atoms with Gasteiger partial charge in [0.2, 0.25) is 0 Å². The number of aromatic nitrogens is 1. The van der Waals surface area contributed by atoms with E-state index in [1.807, 2.05) is 0 Å². The zero-order valence-corrected chi connectivity index (χ0v) is 9.13. The largest absolute Gasteiger partial charge is 0.476 e. The van der Waals surface area contributed by atoms with Gasteiger partial charge >= 0.3 is 5.97 Å². The molecule has 0 saturated carbocycles. The van der Waals surface area contributed by atoms with Crippen LogP contribution in [0, 0.1) is 17.5 Å². The molecule has 1 aromatic carbocycles. The summed E-state index contributed by atoms with van der Waals surface area (Å²) in [6, 6.07) is 1.23. The fourth-order valence-corrected chi connectivity index (χ4v) is 1.47. The molecular weight excluding hydrogens is 275 g/mol. The first-order valence-corrected chi connectivity index (χ1v) is 4.83. The van der Waals surface area contributed by atoms with E-state index in [-0.39, 0.29) is 0 Å². The molecule has 1 heterocycles. The van der Waals surface area contributed by atoms with Crippen molar-refractivity contribution in [2.45, 2.75) is 0 Å². The number of carbonyl (C=O) groups is 1. The van der Waals surface area contributed by atoms with Gasteiger partial charge in [-0.15, -0.1) is 0 Å². The van der Waals surface area contributed by atoms with Crippen molar-refractivity contribution < 1.29 is 27.6 Å². The summed E-state index contributed by atoms with van der Waals surface area (Å²) in [7, 11) is 0. The van der Waals surface area contributed by atoms with Crippen LogP contribution in [0.1, 0.15) is 10.5 Å². The van der Waals surface area contributed by atoms with Crippen molar-refractivity contribution in [3.05, 3.63) is 40.3 Å². The molecule has 0 amide bonds. The summed E-state index contributed by atoms with van der Waals surface area (Å²) in [5.41, 5.74) is -1.47. The van der Waals surface area contributed by atoms with E-state index in [9.17, 15) is 18.0 Å². The smallest absolute Gasteiger partial charge is 0.358 e. The monoisotopic (exact) mass is 277 g/mol. The fraction of sp³-hybridized carbons (Fsp3) is 0. The van der Waals surface area contributed by atoms with Crippen LogP contribution in [0.25, 0.3) is 11.3 Å². The highest BCUT2D eigenvalue weighted by Gasteiger charge is 2.24. The number of hydrogen-bond acceptors (Lipinski definition) is 3. The van der Waals surface area contributed by atoms with Crippen LogP contribution in [0.15, 0.2) is 16.7 Å². The second-order valence-electron chi connectivity index (χ2n) is 3.22. The minimum atomic E-state index is -1.54. The van der Waals surface area contributed by atoms with Gasteiger partial charge in [0.25, 0.3) is 0 Å². The Labute approximate surface area is 103 Å². The van der Waals surface area contributed by atoms with E-state index < -0.39 is 45.5 Å². The fourth-order valence-electron chi connectivity index (χ4n) is 1.28. The SMILES string of the molecule is O=C(O)c1cc(-c2c(F)c(F)cc(Cl)c2F)on1. The second kappa shape index (κ2) is 4.34. The molecule has 8 heteroatoms. The van der Waals surface area contributed by atoms with Crippen molar-refractivity contribution in [2.75, 3.05) is 0 Å². The topological polar surface area (TPSA) is 63.3 Å². The third-order valence-corrected chi connectivity index (χ3v) is 2.36. The number of rotatable bonds is 2. The Morgan fingerprint density at radius 1 is 1.28 bits per heavy atom. The van der Waals surface area contributed by atoms with Crippen LogP contribution in [0.3, 0.4) is 0 Å². The molecule has 94 valence electrons. The lowest BCUT2D eigenvalue weighted by atomic mass is 10.1. The molecule has 0 spiro atoms. The Bertz CT molecular complexity index is 615. The summed E-state index contributed by atoms with van der Waals surface area (Å²) in [5, 5.41) is 11.0. The van der Waals surface area contributed by atoms with Crippen molar-refractivity contribution >= 4 is 17.6 Å². The molecule has 0 unspecified atom stereocenters. The van der Waals surface area contributed by atoms with Crippen molar-refractivity contribution in [2.24, 2.45) is 0 Å². The van der Waals surface area contributed by atoms with Crippen LogP contribution in [0.4, 0.5) is 13.2 Å². The van der Waals surface area contributed by atoms with Crippen LogP contribution < -0.4 is 0 Å². The van der Waals surface area contributed by atoms with Gasteiger partial charge in [-0.3, -0.25) is 0 Å². The molecule has 2 rings (SSSR count). The third kappa shape index (κ3) is 1.92. The summed E-state index contributed by atoms with van der Waals surface area (Å²) < 4.78 is 44.5. The normalized spacial score (nSPS) is 10.7. The maximum atomic E-state index is 13.6. The Balaban J connectivity index is 2.66. The lowest BCUT2D eigenvalue weighted by Crippen LogP contribution is -1.96. The Kier molecular flexibility index (Phi) is 3.00. The van der Waals surface area contributed by atoms with Crippen molar-refractivity contribution in [1.29, 1.82) is 0 Å². The van der Waals surface area contributed by atoms with Crippen LogP contribution >= 0.6 is 11.6 Å². The van der Waals surface area contributed by atoms with Gasteiger partial charge in [-0.05, 0) is 6.07 Å². The number of carboxylic acid groups (broad SMARTS) is 1. The van der Waals surface area contributed by atoms with Gasteiger partial charge in [-0.25, -0.2) is 18.0 Å². The first-order chi connectivity index (χ1) is 8.41. The quantitative estimate of drug-likeness (QED) is 0.857. The first kappa shape index (κ1) is 12.4. The molecule has 0 aliphatic rings. The lowest BCUT2D eigenvalue weighted by molar-refractivity contribution is 0.0686. The maximum absolute atomic E-state index is 13.6. The van der Waals surface area contributed by atoms with E-state index in [0.717, 1.165) is 6.07 Å². The minimum Gasteiger partial charge on any atom is -0.476 e. The van der Waals surface area contributed by atoms with Crippen LogP contribution in [0.5, 0.6) is 0 Å². The predicted octanol–water partition coefficient (Wildman–Crippen LogP) is 3.11. The molecule has 4 nitrogen and oxygen atoms in total. The average Bonchev–Trinajstić information content (AvgIpc) is 2.76.